The molecule has 1 amide bonds. The number of carbonyl (C=O) groups excluding carboxylic acids is 1. The van der Waals surface area contributed by atoms with Gasteiger partial charge in [0.1, 0.15) is 0 Å². The number of hydrogen-bond acceptors (Lipinski definition) is 4. The van der Waals surface area contributed by atoms with Crippen LogP contribution in [0.15, 0.2) is 47.8 Å². The van der Waals surface area contributed by atoms with Gasteiger partial charge in [-0.25, -0.2) is 13.8 Å². The molecule has 1 N–H and O–H groups in total. The highest BCUT2D eigenvalue weighted by Gasteiger charge is 2.11. The zero-order chi connectivity index (χ0) is 18.0. The van der Waals surface area contributed by atoms with E-state index in [1.807, 2.05) is 31.1 Å². The van der Waals surface area contributed by atoms with Crippen molar-refractivity contribution in [3.8, 4) is 11.3 Å². The lowest BCUT2D eigenvalue weighted by atomic mass is 10.2. The van der Waals surface area contributed by atoms with E-state index < -0.39 is 11.6 Å². The number of anilines is 2. The van der Waals surface area contributed by atoms with Gasteiger partial charge in [-0.15, -0.1) is 11.3 Å². The molecule has 128 valence electrons. The lowest BCUT2D eigenvalue weighted by molar-refractivity contribution is 0.102. The molecule has 0 bridgehead atoms. The molecule has 0 radical (unpaired) electrons. The minimum Gasteiger partial charge on any atom is -0.378 e. The van der Waals surface area contributed by atoms with Crippen molar-refractivity contribution in [3.05, 3.63) is 65.0 Å². The van der Waals surface area contributed by atoms with E-state index in [9.17, 15) is 13.6 Å². The van der Waals surface area contributed by atoms with Gasteiger partial charge in [-0.1, -0.05) is 0 Å². The molecular formula is C18H15F2N3OS. The van der Waals surface area contributed by atoms with Crippen LogP contribution in [0, 0.1) is 11.6 Å². The van der Waals surface area contributed by atoms with Crippen LogP contribution in [0.3, 0.4) is 0 Å². The van der Waals surface area contributed by atoms with E-state index in [-0.39, 0.29) is 5.91 Å². The van der Waals surface area contributed by atoms with Crippen LogP contribution >= 0.6 is 11.3 Å². The molecule has 0 fully saturated rings. The van der Waals surface area contributed by atoms with Gasteiger partial charge in [-0.05, 0) is 42.5 Å². The van der Waals surface area contributed by atoms with Crippen LogP contribution in [0.4, 0.5) is 19.6 Å². The van der Waals surface area contributed by atoms with Gasteiger partial charge >= 0.3 is 0 Å². The first-order valence-electron chi connectivity index (χ1n) is 7.44. The van der Waals surface area contributed by atoms with Gasteiger partial charge in [0.05, 0.1) is 5.69 Å². The molecule has 7 heteroatoms. The normalized spacial score (nSPS) is 10.6. The molecule has 0 aliphatic carbocycles. The smallest absolute Gasteiger partial charge is 0.257 e. The maximum Gasteiger partial charge on any atom is 0.257 e. The van der Waals surface area contributed by atoms with Gasteiger partial charge in [0.15, 0.2) is 16.8 Å². The molecule has 2 aromatic carbocycles. The third-order valence-electron chi connectivity index (χ3n) is 3.59. The molecule has 0 saturated carbocycles. The van der Waals surface area contributed by atoms with Crippen LogP contribution in [0.1, 0.15) is 10.4 Å². The van der Waals surface area contributed by atoms with Crippen molar-refractivity contribution >= 4 is 28.1 Å². The van der Waals surface area contributed by atoms with Crippen molar-refractivity contribution in [2.24, 2.45) is 0 Å². The first-order valence-corrected chi connectivity index (χ1v) is 8.31. The summed E-state index contributed by atoms with van der Waals surface area (Å²) < 4.78 is 26.3. The van der Waals surface area contributed by atoms with E-state index in [2.05, 4.69) is 10.3 Å². The van der Waals surface area contributed by atoms with Crippen molar-refractivity contribution < 1.29 is 13.6 Å². The summed E-state index contributed by atoms with van der Waals surface area (Å²) in [4.78, 5) is 18.5. The maximum absolute atomic E-state index is 13.3. The van der Waals surface area contributed by atoms with Gasteiger partial charge < -0.3 is 4.90 Å². The summed E-state index contributed by atoms with van der Waals surface area (Å²) >= 11 is 1.22. The lowest BCUT2D eigenvalue weighted by Crippen LogP contribution is -2.13. The predicted octanol–water partition coefficient (Wildman–Crippen LogP) is 4.41. The highest BCUT2D eigenvalue weighted by molar-refractivity contribution is 7.14. The van der Waals surface area contributed by atoms with Crippen molar-refractivity contribution in [3.63, 3.8) is 0 Å². The summed E-state index contributed by atoms with van der Waals surface area (Å²) in [7, 11) is 3.84. The summed E-state index contributed by atoms with van der Waals surface area (Å²) in [5.74, 6) is -2.12. The lowest BCUT2D eigenvalue weighted by Gasteiger charge is -2.12. The number of aromatic nitrogens is 1. The predicted molar refractivity (Wildman–Crippen MR) is 96.2 cm³/mol. The second-order valence-electron chi connectivity index (χ2n) is 5.56. The third kappa shape index (κ3) is 3.83. The largest absolute Gasteiger partial charge is 0.378 e. The summed E-state index contributed by atoms with van der Waals surface area (Å²) in [5, 5.41) is 4.78. The molecule has 4 nitrogen and oxygen atoms in total. The molecule has 1 aromatic heterocycles. The van der Waals surface area contributed by atoms with Crippen LogP contribution in [-0.2, 0) is 0 Å². The zero-order valence-corrected chi connectivity index (χ0v) is 14.4. The highest BCUT2D eigenvalue weighted by Crippen LogP contribution is 2.26. The molecule has 0 unspecified atom stereocenters. The molecule has 0 atom stereocenters. The van der Waals surface area contributed by atoms with E-state index >= 15 is 0 Å². The Morgan fingerprint density at radius 2 is 1.80 bits per heavy atom. The summed E-state index contributed by atoms with van der Waals surface area (Å²) in [6.07, 6.45) is 0. The minimum absolute atomic E-state index is 0.281. The number of carbonyl (C=O) groups is 1. The summed E-state index contributed by atoms with van der Waals surface area (Å²) in [6.45, 7) is 0. The maximum atomic E-state index is 13.3. The molecule has 25 heavy (non-hydrogen) atoms. The van der Waals surface area contributed by atoms with E-state index in [0.29, 0.717) is 22.0 Å². The van der Waals surface area contributed by atoms with E-state index in [0.717, 1.165) is 17.8 Å². The average molecular weight is 359 g/mol. The molecule has 0 spiro atoms. The van der Waals surface area contributed by atoms with Crippen LogP contribution in [0.25, 0.3) is 11.3 Å². The Hall–Kier alpha value is -2.80. The number of benzene rings is 2. The minimum atomic E-state index is -0.933. The van der Waals surface area contributed by atoms with Crippen LogP contribution < -0.4 is 10.2 Å². The molecule has 1 heterocycles. The SMILES string of the molecule is CN(C)c1ccc(C(=O)Nc2nc(-c3ccc(F)c(F)c3)cs2)cc1. The number of nitrogens with one attached hydrogen (secondary N) is 1. The van der Waals surface area contributed by atoms with Crippen molar-refractivity contribution in [2.75, 3.05) is 24.3 Å². The van der Waals surface area contributed by atoms with Crippen LogP contribution in [-0.4, -0.2) is 25.0 Å². The Morgan fingerprint density at radius 1 is 1.08 bits per heavy atom. The fraction of sp³-hybridized carbons (Fsp3) is 0.111. The monoisotopic (exact) mass is 359 g/mol. The zero-order valence-electron chi connectivity index (χ0n) is 13.6. The number of halogens is 2. The molecule has 0 saturated heterocycles. The van der Waals surface area contributed by atoms with Gasteiger partial charge in [-0.2, -0.15) is 0 Å². The third-order valence-corrected chi connectivity index (χ3v) is 4.34. The van der Waals surface area contributed by atoms with Gasteiger partial charge in [-0.3, -0.25) is 10.1 Å². The Labute approximate surface area is 147 Å². The number of rotatable bonds is 4. The fourth-order valence-electron chi connectivity index (χ4n) is 2.20. The molecular weight excluding hydrogens is 344 g/mol. The number of thiazole rings is 1. The molecule has 0 aliphatic heterocycles. The van der Waals surface area contributed by atoms with E-state index in [1.54, 1.807) is 17.5 Å². The van der Waals surface area contributed by atoms with Crippen LogP contribution in [0.2, 0.25) is 0 Å². The standard InChI is InChI=1S/C18H15F2N3OS/c1-23(2)13-6-3-11(4-7-13)17(24)22-18-21-16(10-25-18)12-5-8-14(19)15(20)9-12/h3-10H,1-2H3,(H,21,22,24). The second-order valence-corrected chi connectivity index (χ2v) is 6.42. The average Bonchev–Trinajstić information content (AvgIpc) is 3.06. The topological polar surface area (TPSA) is 45.2 Å². The first-order chi connectivity index (χ1) is 11.9. The quantitative estimate of drug-likeness (QED) is 0.751. The molecule has 3 rings (SSSR count). The Bertz CT molecular complexity index is 907. The van der Waals surface area contributed by atoms with Gasteiger partial charge in [0.2, 0.25) is 0 Å². The number of nitrogens with zero attached hydrogens (tertiary/aromatic N) is 2. The van der Waals surface area contributed by atoms with Crippen molar-refractivity contribution in [1.29, 1.82) is 0 Å². The van der Waals surface area contributed by atoms with Gasteiger partial charge in [0, 0.05) is 36.3 Å². The Morgan fingerprint density at radius 3 is 2.44 bits per heavy atom. The number of amides is 1. The number of hydrogen-bond donors (Lipinski definition) is 1. The Balaban J connectivity index is 1.74. The van der Waals surface area contributed by atoms with E-state index in [4.69, 9.17) is 0 Å². The molecule has 3 aromatic rings. The van der Waals surface area contributed by atoms with Crippen molar-refractivity contribution in [1.82, 2.24) is 4.98 Å². The van der Waals surface area contributed by atoms with E-state index in [1.165, 1.54) is 17.4 Å². The Kier molecular flexibility index (Phi) is 4.76. The highest BCUT2D eigenvalue weighted by atomic mass is 32.1. The fourth-order valence-corrected chi connectivity index (χ4v) is 2.91. The summed E-state index contributed by atoms with van der Waals surface area (Å²) in [5.41, 5.74) is 2.43. The van der Waals surface area contributed by atoms with Gasteiger partial charge in [0.25, 0.3) is 5.91 Å². The second kappa shape index (κ2) is 6.98. The first kappa shape index (κ1) is 17.0. The summed E-state index contributed by atoms with van der Waals surface area (Å²) in [6, 6.07) is 10.7. The van der Waals surface area contributed by atoms with Crippen LogP contribution in [0.5, 0.6) is 0 Å². The molecule has 0 aliphatic rings. The van der Waals surface area contributed by atoms with Crippen molar-refractivity contribution in [2.45, 2.75) is 0 Å².